The van der Waals surface area contributed by atoms with Crippen molar-refractivity contribution < 1.29 is 23.0 Å². The number of hydrogen-bond acceptors (Lipinski definition) is 3. The molecule has 2 aromatic carbocycles. The maximum absolute atomic E-state index is 12.1. The molecule has 6 heteroatoms. The molecular formula is C22H25F2NO3. The molecular weight excluding hydrogens is 364 g/mol. The fourth-order valence-electron chi connectivity index (χ4n) is 2.84. The van der Waals surface area contributed by atoms with E-state index in [-0.39, 0.29) is 24.0 Å². The lowest BCUT2D eigenvalue weighted by Gasteiger charge is -2.35. The number of benzene rings is 2. The highest BCUT2D eigenvalue weighted by atomic mass is 19.3. The lowest BCUT2D eigenvalue weighted by Crippen LogP contribution is -2.43. The first-order chi connectivity index (χ1) is 13.5. The van der Waals surface area contributed by atoms with Crippen LogP contribution in [-0.2, 0) is 4.74 Å². The Kier molecular flexibility index (Phi) is 8.46. The molecule has 4 nitrogen and oxygen atoms in total. The van der Waals surface area contributed by atoms with Gasteiger partial charge in [0.2, 0.25) is 0 Å². The molecule has 0 spiro atoms. The van der Waals surface area contributed by atoms with Crippen LogP contribution in [0.5, 0.6) is 5.75 Å². The van der Waals surface area contributed by atoms with E-state index < -0.39 is 6.61 Å². The molecule has 0 aromatic heterocycles. The SMILES string of the molecule is C=CCC1CCN(C(C)c2ccc(OC(F)F)cc2)C(=O)O1.c1ccccc1. The van der Waals surface area contributed by atoms with Gasteiger partial charge in [-0.2, -0.15) is 8.78 Å². The molecule has 28 heavy (non-hydrogen) atoms. The second-order valence-corrected chi connectivity index (χ2v) is 6.29. The van der Waals surface area contributed by atoms with Crippen LogP contribution in [0.25, 0.3) is 0 Å². The first kappa shape index (κ1) is 21.4. The van der Waals surface area contributed by atoms with Crippen LogP contribution in [0.3, 0.4) is 0 Å². The number of amides is 1. The molecule has 2 unspecified atom stereocenters. The summed E-state index contributed by atoms with van der Waals surface area (Å²) >= 11 is 0. The summed E-state index contributed by atoms with van der Waals surface area (Å²) in [6.45, 7) is 3.26. The zero-order valence-electron chi connectivity index (χ0n) is 15.8. The molecule has 0 aliphatic carbocycles. The predicted molar refractivity (Wildman–Crippen MR) is 104 cm³/mol. The van der Waals surface area contributed by atoms with Crippen LogP contribution in [0.2, 0.25) is 0 Å². The summed E-state index contributed by atoms with van der Waals surface area (Å²) in [5, 5.41) is 0. The Hall–Kier alpha value is -2.89. The van der Waals surface area contributed by atoms with Crippen LogP contribution < -0.4 is 4.74 Å². The number of halogens is 2. The third kappa shape index (κ3) is 6.68. The third-order valence-electron chi connectivity index (χ3n) is 4.35. The molecule has 0 radical (unpaired) electrons. The number of nitrogens with zero attached hydrogens (tertiary/aromatic N) is 1. The van der Waals surface area contributed by atoms with Crippen molar-refractivity contribution in [3.63, 3.8) is 0 Å². The Balaban J connectivity index is 0.000000397. The number of hydrogen-bond donors (Lipinski definition) is 0. The van der Waals surface area contributed by atoms with Gasteiger partial charge in [0.25, 0.3) is 0 Å². The smallest absolute Gasteiger partial charge is 0.410 e. The molecule has 1 amide bonds. The van der Waals surface area contributed by atoms with E-state index in [2.05, 4.69) is 11.3 Å². The fraction of sp³-hybridized carbons (Fsp3) is 0.318. The highest BCUT2D eigenvalue weighted by Crippen LogP contribution is 2.27. The molecule has 1 heterocycles. The molecule has 150 valence electrons. The monoisotopic (exact) mass is 389 g/mol. The van der Waals surface area contributed by atoms with Gasteiger partial charge in [0.15, 0.2) is 0 Å². The van der Waals surface area contributed by atoms with E-state index in [1.807, 2.05) is 43.3 Å². The van der Waals surface area contributed by atoms with E-state index >= 15 is 0 Å². The molecule has 3 rings (SSSR count). The molecule has 1 aliphatic heterocycles. The van der Waals surface area contributed by atoms with Crippen molar-refractivity contribution in [1.29, 1.82) is 0 Å². The van der Waals surface area contributed by atoms with Gasteiger partial charge >= 0.3 is 12.7 Å². The molecule has 1 saturated heterocycles. The van der Waals surface area contributed by atoms with Crippen molar-refractivity contribution >= 4 is 6.09 Å². The largest absolute Gasteiger partial charge is 0.446 e. The van der Waals surface area contributed by atoms with Crippen LogP contribution in [0, 0.1) is 0 Å². The first-order valence-corrected chi connectivity index (χ1v) is 9.14. The summed E-state index contributed by atoms with van der Waals surface area (Å²) in [6.07, 6.45) is 2.65. The lowest BCUT2D eigenvalue weighted by atomic mass is 10.1. The number of alkyl halides is 2. The number of ether oxygens (including phenoxy) is 2. The maximum atomic E-state index is 12.1. The lowest BCUT2D eigenvalue weighted by molar-refractivity contribution is -0.0498. The van der Waals surface area contributed by atoms with E-state index in [1.54, 1.807) is 23.1 Å². The standard InChI is InChI=1S/C16H19F2NO3.C6H6/c1-3-4-13-9-10-19(16(20)22-13)11(2)12-5-7-14(8-6-12)21-15(17)18;1-2-4-6-5-3-1/h3,5-8,11,13,15H,1,4,9-10H2,2H3;1-6H. The van der Waals surface area contributed by atoms with Gasteiger partial charge in [-0.1, -0.05) is 54.6 Å². The van der Waals surface area contributed by atoms with E-state index in [9.17, 15) is 13.6 Å². The Bertz CT molecular complexity index is 696. The second-order valence-electron chi connectivity index (χ2n) is 6.29. The fourth-order valence-corrected chi connectivity index (χ4v) is 2.84. The quantitative estimate of drug-likeness (QED) is 0.584. The van der Waals surface area contributed by atoms with Crippen molar-refractivity contribution in [3.05, 3.63) is 78.9 Å². The van der Waals surface area contributed by atoms with E-state index in [0.29, 0.717) is 13.0 Å². The number of carbonyl (C=O) groups is 1. The summed E-state index contributed by atoms with van der Waals surface area (Å²) in [6, 6.07) is 18.1. The number of carbonyl (C=O) groups excluding carboxylic acids is 1. The first-order valence-electron chi connectivity index (χ1n) is 9.14. The number of rotatable bonds is 6. The minimum absolute atomic E-state index is 0.0956. The molecule has 0 N–H and O–H groups in total. The maximum Gasteiger partial charge on any atom is 0.410 e. The minimum Gasteiger partial charge on any atom is -0.446 e. The van der Waals surface area contributed by atoms with Gasteiger partial charge in [-0.15, -0.1) is 6.58 Å². The molecule has 0 saturated carbocycles. The second kappa shape index (κ2) is 11.1. The summed E-state index contributed by atoms with van der Waals surface area (Å²) in [5.74, 6) is 0.0956. The van der Waals surface area contributed by atoms with Crippen molar-refractivity contribution in [1.82, 2.24) is 4.90 Å². The van der Waals surface area contributed by atoms with E-state index in [4.69, 9.17) is 4.74 Å². The van der Waals surface area contributed by atoms with Crippen LogP contribution in [-0.4, -0.2) is 30.3 Å². The van der Waals surface area contributed by atoms with Crippen molar-refractivity contribution in [2.45, 2.75) is 38.5 Å². The normalized spacial score (nSPS) is 17.2. The van der Waals surface area contributed by atoms with E-state index in [1.165, 1.54) is 12.1 Å². The highest BCUT2D eigenvalue weighted by Gasteiger charge is 2.30. The average Bonchev–Trinajstić information content (AvgIpc) is 2.70. The van der Waals surface area contributed by atoms with Crippen LogP contribution >= 0.6 is 0 Å². The topological polar surface area (TPSA) is 38.8 Å². The Morgan fingerprint density at radius 3 is 2.21 bits per heavy atom. The van der Waals surface area contributed by atoms with Crippen LogP contribution in [0.15, 0.2) is 73.3 Å². The van der Waals surface area contributed by atoms with Gasteiger partial charge in [0.05, 0.1) is 6.04 Å². The van der Waals surface area contributed by atoms with Crippen molar-refractivity contribution in [2.24, 2.45) is 0 Å². The average molecular weight is 389 g/mol. The Morgan fingerprint density at radius 2 is 1.75 bits per heavy atom. The van der Waals surface area contributed by atoms with Gasteiger partial charge in [-0.3, -0.25) is 0 Å². The van der Waals surface area contributed by atoms with Gasteiger partial charge in [0, 0.05) is 19.4 Å². The van der Waals surface area contributed by atoms with Gasteiger partial charge in [-0.25, -0.2) is 4.79 Å². The van der Waals surface area contributed by atoms with Crippen molar-refractivity contribution in [2.75, 3.05) is 6.54 Å². The molecule has 1 fully saturated rings. The Labute approximate surface area is 164 Å². The minimum atomic E-state index is -2.85. The molecule has 0 bridgehead atoms. The Morgan fingerprint density at radius 1 is 1.18 bits per heavy atom. The molecule has 2 aromatic rings. The van der Waals surface area contributed by atoms with Gasteiger partial charge in [0.1, 0.15) is 11.9 Å². The predicted octanol–water partition coefficient (Wildman–Crippen LogP) is 5.82. The van der Waals surface area contributed by atoms with Gasteiger partial charge in [-0.05, 0) is 24.6 Å². The van der Waals surface area contributed by atoms with Crippen molar-refractivity contribution in [3.8, 4) is 5.75 Å². The zero-order chi connectivity index (χ0) is 20.4. The summed E-state index contributed by atoms with van der Waals surface area (Å²) in [5.41, 5.74) is 0.834. The number of cyclic esters (lactones) is 1. The molecule has 1 aliphatic rings. The zero-order valence-corrected chi connectivity index (χ0v) is 15.8. The summed E-state index contributed by atoms with van der Waals surface area (Å²) in [7, 11) is 0. The molecule has 2 atom stereocenters. The summed E-state index contributed by atoms with van der Waals surface area (Å²) in [4.78, 5) is 13.7. The van der Waals surface area contributed by atoms with E-state index in [0.717, 1.165) is 12.0 Å². The van der Waals surface area contributed by atoms with Gasteiger partial charge < -0.3 is 14.4 Å². The third-order valence-corrected chi connectivity index (χ3v) is 4.35. The van der Waals surface area contributed by atoms with Crippen LogP contribution in [0.4, 0.5) is 13.6 Å². The van der Waals surface area contributed by atoms with Crippen LogP contribution in [0.1, 0.15) is 31.4 Å². The summed E-state index contributed by atoms with van der Waals surface area (Å²) < 4.78 is 33.9. The highest BCUT2D eigenvalue weighted by molar-refractivity contribution is 5.69.